The molecule has 0 fully saturated rings. The van der Waals surface area contributed by atoms with Crippen molar-refractivity contribution in [2.24, 2.45) is 5.73 Å². The summed E-state index contributed by atoms with van der Waals surface area (Å²) in [7, 11) is -3.58. The Kier molecular flexibility index (Phi) is 7.05. The predicted octanol–water partition coefficient (Wildman–Crippen LogP) is -1.75. The normalized spacial score (nSPS) is 12.4. The van der Waals surface area contributed by atoms with E-state index in [4.69, 9.17) is 20.9 Å². The van der Waals surface area contributed by atoms with Gasteiger partial charge >= 0.3 is 13.2 Å². The van der Waals surface area contributed by atoms with E-state index in [-0.39, 0.29) is 12.4 Å². The van der Waals surface area contributed by atoms with Gasteiger partial charge in [-0.15, -0.1) is 0 Å². The SMILES string of the molecule is CNC(=O)[C@H](CCCNC(=N)N)NC(=O)P(=O)(O)O. The largest absolute Gasteiger partial charge is 0.413 e. The van der Waals surface area contributed by atoms with Crippen LogP contribution in [-0.4, -0.2) is 46.9 Å². The molecule has 0 unspecified atom stereocenters. The highest BCUT2D eigenvalue weighted by Gasteiger charge is 2.30. The summed E-state index contributed by atoms with van der Waals surface area (Å²) in [5, 5.41) is 13.7. The Bertz CT molecular complexity index is 395. The third-order valence-electron chi connectivity index (χ3n) is 2.11. The highest BCUT2D eigenvalue weighted by atomic mass is 31.2. The second kappa shape index (κ2) is 7.72. The highest BCUT2D eigenvalue weighted by molar-refractivity contribution is 7.69. The van der Waals surface area contributed by atoms with Crippen molar-refractivity contribution in [3.63, 3.8) is 0 Å². The van der Waals surface area contributed by atoms with Crippen molar-refractivity contribution in [1.29, 1.82) is 5.41 Å². The van der Waals surface area contributed by atoms with Gasteiger partial charge in [0.15, 0.2) is 5.96 Å². The van der Waals surface area contributed by atoms with Gasteiger partial charge in [0, 0.05) is 13.6 Å². The first-order chi connectivity index (χ1) is 8.68. The van der Waals surface area contributed by atoms with Crippen LogP contribution in [0.4, 0.5) is 4.79 Å². The number of hydrogen-bond donors (Lipinski definition) is 7. The number of nitrogens with two attached hydrogens (primary N) is 1. The van der Waals surface area contributed by atoms with Crippen molar-refractivity contribution in [3.05, 3.63) is 0 Å². The first-order valence-corrected chi connectivity index (χ1v) is 6.95. The number of likely N-dealkylation sites (N-methyl/N-ethyl adjacent to an activating group) is 1. The van der Waals surface area contributed by atoms with Crippen LogP contribution in [0.5, 0.6) is 0 Å². The fourth-order valence-corrected chi connectivity index (χ4v) is 1.53. The van der Waals surface area contributed by atoms with Gasteiger partial charge < -0.3 is 31.5 Å². The molecule has 1 atom stereocenters. The number of guanidine groups is 1. The molecular weight excluding hydrogens is 277 g/mol. The van der Waals surface area contributed by atoms with E-state index in [9.17, 15) is 14.2 Å². The maximum atomic E-state index is 11.4. The third-order valence-corrected chi connectivity index (χ3v) is 2.77. The summed E-state index contributed by atoms with van der Waals surface area (Å²) in [5.74, 6) is -0.791. The van der Waals surface area contributed by atoms with Crippen LogP contribution in [0.3, 0.4) is 0 Å². The molecule has 110 valence electrons. The van der Waals surface area contributed by atoms with Gasteiger partial charge in [-0.3, -0.25) is 15.0 Å². The van der Waals surface area contributed by atoms with Crippen molar-refractivity contribution >= 4 is 25.1 Å². The molecule has 8 N–H and O–H groups in total. The number of carbonyl (C=O) groups excluding carboxylic acids is 2. The lowest BCUT2D eigenvalue weighted by molar-refractivity contribution is -0.122. The molecule has 10 nitrogen and oxygen atoms in total. The Morgan fingerprint density at radius 2 is 2.00 bits per heavy atom. The summed E-state index contributed by atoms with van der Waals surface area (Å²) in [6.45, 7) is 0.300. The van der Waals surface area contributed by atoms with E-state index in [1.165, 1.54) is 7.05 Å². The Morgan fingerprint density at radius 3 is 2.42 bits per heavy atom. The average molecular weight is 295 g/mol. The van der Waals surface area contributed by atoms with Crippen LogP contribution < -0.4 is 21.7 Å². The quantitative estimate of drug-likeness (QED) is 0.126. The van der Waals surface area contributed by atoms with Crippen LogP contribution in [0.1, 0.15) is 12.8 Å². The molecule has 0 heterocycles. The van der Waals surface area contributed by atoms with Gasteiger partial charge in [-0.05, 0) is 12.8 Å². The average Bonchev–Trinajstić information content (AvgIpc) is 2.30. The molecule has 0 aromatic carbocycles. The number of nitrogens with one attached hydrogen (secondary N) is 4. The molecule has 0 rings (SSSR count). The van der Waals surface area contributed by atoms with Gasteiger partial charge in [0.05, 0.1) is 0 Å². The molecular formula is C8H18N5O5P. The van der Waals surface area contributed by atoms with Crippen LogP contribution in [0, 0.1) is 5.41 Å². The zero-order chi connectivity index (χ0) is 15.1. The molecule has 0 aromatic rings. The van der Waals surface area contributed by atoms with E-state index in [0.29, 0.717) is 13.0 Å². The smallest absolute Gasteiger partial charge is 0.370 e. The Morgan fingerprint density at radius 1 is 1.42 bits per heavy atom. The minimum absolute atomic E-state index is 0.145. The minimum atomic E-state index is -4.92. The van der Waals surface area contributed by atoms with Crippen molar-refractivity contribution in [3.8, 4) is 0 Å². The van der Waals surface area contributed by atoms with Gasteiger partial charge in [0.2, 0.25) is 5.91 Å². The van der Waals surface area contributed by atoms with Gasteiger partial charge in [-0.25, -0.2) is 4.57 Å². The van der Waals surface area contributed by atoms with Gasteiger partial charge in [0.25, 0.3) is 0 Å². The zero-order valence-electron chi connectivity index (χ0n) is 10.3. The van der Waals surface area contributed by atoms with E-state index in [2.05, 4.69) is 10.6 Å². The Labute approximate surface area is 109 Å². The molecule has 0 spiro atoms. The fraction of sp³-hybridized carbons (Fsp3) is 0.625. The summed E-state index contributed by atoms with van der Waals surface area (Å²) in [5.41, 5.74) is 3.55. The molecule has 0 aliphatic rings. The van der Waals surface area contributed by atoms with Crippen molar-refractivity contribution in [1.82, 2.24) is 16.0 Å². The summed E-state index contributed by atoms with van der Waals surface area (Å²) in [6, 6.07) is -1.06. The molecule has 0 saturated heterocycles. The molecule has 11 heteroatoms. The topological polar surface area (TPSA) is 178 Å². The summed E-state index contributed by atoms with van der Waals surface area (Å²) >= 11 is 0. The monoisotopic (exact) mass is 295 g/mol. The zero-order valence-corrected chi connectivity index (χ0v) is 11.2. The summed E-state index contributed by atoms with van der Waals surface area (Å²) in [6.07, 6.45) is 0.519. The molecule has 0 aromatic heterocycles. The van der Waals surface area contributed by atoms with Gasteiger partial charge in [-0.2, -0.15) is 0 Å². The second-order valence-electron chi connectivity index (χ2n) is 3.64. The second-order valence-corrected chi connectivity index (χ2v) is 5.14. The highest BCUT2D eigenvalue weighted by Crippen LogP contribution is 2.35. The molecule has 0 saturated carbocycles. The van der Waals surface area contributed by atoms with Gasteiger partial charge in [0.1, 0.15) is 6.04 Å². The molecule has 2 amide bonds. The van der Waals surface area contributed by atoms with Crippen LogP contribution in [-0.2, 0) is 9.36 Å². The predicted molar refractivity (Wildman–Crippen MR) is 67.6 cm³/mol. The maximum Gasteiger partial charge on any atom is 0.413 e. The van der Waals surface area contributed by atoms with E-state index in [1.54, 1.807) is 0 Å². The van der Waals surface area contributed by atoms with Gasteiger partial charge in [-0.1, -0.05) is 0 Å². The Balaban J connectivity index is 4.40. The first-order valence-electron chi connectivity index (χ1n) is 5.34. The van der Waals surface area contributed by atoms with E-state index < -0.39 is 25.2 Å². The van der Waals surface area contributed by atoms with Crippen molar-refractivity contribution in [2.45, 2.75) is 18.9 Å². The summed E-state index contributed by atoms with van der Waals surface area (Å²) < 4.78 is 10.7. The molecule has 0 aliphatic heterocycles. The lowest BCUT2D eigenvalue weighted by Crippen LogP contribution is -2.45. The van der Waals surface area contributed by atoms with E-state index in [0.717, 1.165) is 0 Å². The van der Waals surface area contributed by atoms with Crippen LogP contribution >= 0.6 is 7.60 Å². The fourth-order valence-electron chi connectivity index (χ4n) is 1.21. The van der Waals surface area contributed by atoms with E-state index in [1.807, 2.05) is 5.32 Å². The lowest BCUT2D eigenvalue weighted by atomic mass is 10.1. The van der Waals surface area contributed by atoms with Crippen molar-refractivity contribution < 1.29 is 23.9 Å². The number of rotatable bonds is 7. The minimum Gasteiger partial charge on any atom is -0.370 e. The van der Waals surface area contributed by atoms with Crippen LogP contribution in [0.15, 0.2) is 0 Å². The molecule has 0 bridgehead atoms. The summed E-state index contributed by atoms with van der Waals surface area (Å²) in [4.78, 5) is 39.8. The van der Waals surface area contributed by atoms with Crippen LogP contribution in [0.25, 0.3) is 0 Å². The maximum absolute atomic E-state index is 11.4. The van der Waals surface area contributed by atoms with E-state index >= 15 is 0 Å². The lowest BCUT2D eigenvalue weighted by Gasteiger charge is -2.17. The number of hydrogen-bond acceptors (Lipinski definition) is 4. The number of amides is 2. The van der Waals surface area contributed by atoms with Crippen LogP contribution in [0.2, 0.25) is 0 Å². The Hall–Kier alpha value is -1.64. The van der Waals surface area contributed by atoms with Crippen molar-refractivity contribution in [2.75, 3.05) is 13.6 Å². The standard InChI is InChI=1S/C8H18N5O5P/c1-11-6(14)5(3-2-4-12-7(9)10)13-8(15)19(16,17)18/h5H,2-4H2,1H3,(H,11,14)(H,13,15)(H4,9,10,12)(H2,16,17,18)/t5-/m0/s1. The molecule has 19 heavy (non-hydrogen) atoms. The first kappa shape index (κ1) is 17.4. The third kappa shape index (κ3) is 7.39. The molecule has 0 aliphatic carbocycles. The molecule has 0 radical (unpaired) electrons. The number of carbonyl (C=O) groups is 2.